The summed E-state index contributed by atoms with van der Waals surface area (Å²) in [7, 11) is 0. The minimum Gasteiger partial charge on any atom is -0.478 e. The van der Waals surface area contributed by atoms with E-state index in [1.807, 2.05) is 17.5 Å². The number of aliphatic carboxylic acids is 1. The van der Waals surface area contributed by atoms with Gasteiger partial charge in [0.05, 0.1) is 12.3 Å². The zero-order chi connectivity index (χ0) is 15.5. The Hall–Kier alpha value is -2.67. The highest BCUT2D eigenvalue weighted by Crippen LogP contribution is 2.35. The molecule has 0 bridgehead atoms. The molecule has 2 aromatic rings. The van der Waals surface area contributed by atoms with Crippen LogP contribution in [0.1, 0.15) is 23.1 Å². The summed E-state index contributed by atoms with van der Waals surface area (Å²) in [6, 6.07) is 7.13. The third-order valence-electron chi connectivity index (χ3n) is 3.18. The van der Waals surface area contributed by atoms with Crippen molar-refractivity contribution in [3.8, 4) is 0 Å². The van der Waals surface area contributed by atoms with Crippen LogP contribution in [0, 0.1) is 0 Å². The van der Waals surface area contributed by atoms with Crippen LogP contribution in [0.2, 0.25) is 0 Å². The summed E-state index contributed by atoms with van der Waals surface area (Å²) >= 11 is 1.53. The Balaban J connectivity index is 1.90. The van der Waals surface area contributed by atoms with Gasteiger partial charge in [-0.2, -0.15) is 5.10 Å². The van der Waals surface area contributed by atoms with Crippen molar-refractivity contribution in [2.45, 2.75) is 12.5 Å². The molecular formula is C15H12N2O4S. The zero-order valence-corrected chi connectivity index (χ0v) is 12.2. The topological polar surface area (TPSA) is 83.1 Å². The second kappa shape index (κ2) is 5.98. The molecule has 0 saturated carbocycles. The Morgan fingerprint density at radius 3 is 2.86 bits per heavy atom. The Kier molecular flexibility index (Phi) is 3.88. The molecule has 1 atom stereocenters. The van der Waals surface area contributed by atoms with Crippen LogP contribution in [0.4, 0.5) is 0 Å². The highest BCUT2D eigenvalue weighted by Gasteiger charge is 2.33. The van der Waals surface area contributed by atoms with Gasteiger partial charge in [-0.15, -0.1) is 11.3 Å². The molecule has 2 aromatic heterocycles. The van der Waals surface area contributed by atoms with E-state index < -0.39 is 11.9 Å². The van der Waals surface area contributed by atoms with Crippen molar-refractivity contribution in [2.75, 3.05) is 0 Å². The first-order valence-corrected chi connectivity index (χ1v) is 7.42. The first-order chi connectivity index (χ1) is 10.6. The van der Waals surface area contributed by atoms with E-state index in [-0.39, 0.29) is 6.04 Å². The number of carbonyl (C=O) groups is 2. The molecule has 0 saturated heterocycles. The van der Waals surface area contributed by atoms with Gasteiger partial charge in [-0.1, -0.05) is 6.07 Å². The summed E-state index contributed by atoms with van der Waals surface area (Å²) in [4.78, 5) is 23.8. The summed E-state index contributed by atoms with van der Waals surface area (Å²) in [5, 5.41) is 16.2. The Labute approximate surface area is 130 Å². The molecule has 0 unspecified atom stereocenters. The number of hydrazone groups is 1. The van der Waals surface area contributed by atoms with Gasteiger partial charge in [-0.05, 0) is 23.6 Å². The van der Waals surface area contributed by atoms with Gasteiger partial charge in [0.2, 0.25) is 0 Å². The van der Waals surface area contributed by atoms with Gasteiger partial charge in [0.25, 0.3) is 5.91 Å². The van der Waals surface area contributed by atoms with Gasteiger partial charge < -0.3 is 9.52 Å². The van der Waals surface area contributed by atoms with Gasteiger partial charge in [0.1, 0.15) is 11.5 Å². The van der Waals surface area contributed by atoms with E-state index in [1.165, 1.54) is 16.3 Å². The van der Waals surface area contributed by atoms with Crippen molar-refractivity contribution in [3.63, 3.8) is 0 Å². The molecule has 112 valence electrons. The maximum absolute atomic E-state index is 12.2. The van der Waals surface area contributed by atoms with Crippen LogP contribution in [0.25, 0.3) is 0 Å². The molecule has 22 heavy (non-hydrogen) atoms. The molecule has 1 N–H and O–H groups in total. The number of carboxylic acid groups (broad SMARTS) is 1. The number of furan rings is 1. The number of rotatable bonds is 4. The fourth-order valence-electron chi connectivity index (χ4n) is 2.23. The monoisotopic (exact) mass is 316 g/mol. The zero-order valence-electron chi connectivity index (χ0n) is 11.4. The lowest BCUT2D eigenvalue weighted by molar-refractivity contribution is -0.132. The van der Waals surface area contributed by atoms with Gasteiger partial charge in [0.15, 0.2) is 0 Å². The minimum absolute atomic E-state index is 0.244. The van der Waals surface area contributed by atoms with E-state index in [4.69, 9.17) is 9.52 Å². The van der Waals surface area contributed by atoms with Crippen LogP contribution in [0.5, 0.6) is 0 Å². The molecule has 7 heteroatoms. The molecule has 0 spiro atoms. The van der Waals surface area contributed by atoms with Crippen molar-refractivity contribution >= 4 is 28.9 Å². The first-order valence-electron chi connectivity index (χ1n) is 6.54. The fraction of sp³-hybridized carbons (Fsp3) is 0.133. The standard InChI is InChI=1S/C15H12N2O4S/c18-14(5-6-15(19)20)17-11(13-4-2-8-22-13)9-10(16-17)12-3-1-7-21-12/h1-8,11H,9H2,(H,19,20)/b6-5-/t11-/m1/s1. The summed E-state index contributed by atoms with van der Waals surface area (Å²) < 4.78 is 5.33. The highest BCUT2D eigenvalue weighted by atomic mass is 32.1. The van der Waals surface area contributed by atoms with Crippen LogP contribution in [0.3, 0.4) is 0 Å². The molecule has 6 nitrogen and oxygen atoms in total. The largest absolute Gasteiger partial charge is 0.478 e. The Morgan fingerprint density at radius 2 is 2.23 bits per heavy atom. The number of hydrogen-bond donors (Lipinski definition) is 1. The second-order valence-electron chi connectivity index (χ2n) is 4.61. The van der Waals surface area contributed by atoms with E-state index in [9.17, 15) is 9.59 Å². The van der Waals surface area contributed by atoms with E-state index in [0.29, 0.717) is 17.9 Å². The van der Waals surface area contributed by atoms with Crippen molar-refractivity contribution in [2.24, 2.45) is 5.10 Å². The maximum Gasteiger partial charge on any atom is 0.328 e. The molecule has 0 aliphatic carbocycles. The molecule has 1 aliphatic rings. The van der Waals surface area contributed by atoms with Crippen molar-refractivity contribution in [1.29, 1.82) is 0 Å². The number of nitrogens with zero attached hydrogens (tertiary/aromatic N) is 2. The predicted molar refractivity (Wildman–Crippen MR) is 80.5 cm³/mol. The van der Waals surface area contributed by atoms with Crippen LogP contribution >= 0.6 is 11.3 Å². The highest BCUT2D eigenvalue weighted by molar-refractivity contribution is 7.10. The second-order valence-corrected chi connectivity index (χ2v) is 5.59. The van der Waals surface area contributed by atoms with E-state index in [2.05, 4.69) is 5.10 Å². The smallest absolute Gasteiger partial charge is 0.328 e. The first kappa shape index (κ1) is 14.3. The number of amides is 1. The molecule has 3 rings (SSSR count). The van der Waals surface area contributed by atoms with Gasteiger partial charge in [-0.25, -0.2) is 9.80 Å². The fourth-order valence-corrected chi connectivity index (χ4v) is 3.04. The number of thiophene rings is 1. The molecule has 1 aliphatic heterocycles. The van der Waals surface area contributed by atoms with Crippen molar-refractivity contribution in [3.05, 3.63) is 58.7 Å². The predicted octanol–water partition coefficient (Wildman–Crippen LogP) is 2.66. The SMILES string of the molecule is O=C(O)/C=C\C(=O)N1N=C(c2ccco2)C[C@@H]1c1cccs1. The molecule has 0 radical (unpaired) electrons. The number of carboxylic acids is 1. The van der Waals surface area contributed by atoms with E-state index in [1.54, 1.807) is 18.4 Å². The number of carbonyl (C=O) groups excluding carboxylic acids is 1. The molecular weight excluding hydrogens is 304 g/mol. The number of hydrogen-bond acceptors (Lipinski definition) is 5. The normalized spacial score (nSPS) is 17.9. The summed E-state index contributed by atoms with van der Waals surface area (Å²) in [6.07, 6.45) is 3.90. The van der Waals surface area contributed by atoms with Crippen LogP contribution in [0.15, 0.2) is 57.6 Å². The van der Waals surface area contributed by atoms with Gasteiger partial charge in [0, 0.05) is 23.5 Å². The lowest BCUT2D eigenvalue weighted by atomic mass is 10.1. The average molecular weight is 316 g/mol. The van der Waals surface area contributed by atoms with Crippen molar-refractivity contribution in [1.82, 2.24) is 5.01 Å². The van der Waals surface area contributed by atoms with Crippen LogP contribution in [-0.4, -0.2) is 27.7 Å². The van der Waals surface area contributed by atoms with E-state index in [0.717, 1.165) is 17.0 Å². The molecule has 0 aromatic carbocycles. The quantitative estimate of drug-likeness (QED) is 0.879. The summed E-state index contributed by atoms with van der Waals surface area (Å²) in [5.74, 6) is -1.03. The average Bonchev–Trinajstić information content (AvgIpc) is 3.23. The van der Waals surface area contributed by atoms with Gasteiger partial charge >= 0.3 is 5.97 Å². The van der Waals surface area contributed by atoms with Crippen molar-refractivity contribution < 1.29 is 19.1 Å². The Bertz CT molecular complexity index is 732. The summed E-state index contributed by atoms with van der Waals surface area (Å²) in [6.45, 7) is 0. The Morgan fingerprint density at radius 1 is 1.36 bits per heavy atom. The molecule has 0 fully saturated rings. The van der Waals surface area contributed by atoms with E-state index >= 15 is 0 Å². The minimum atomic E-state index is -1.17. The lowest BCUT2D eigenvalue weighted by Crippen LogP contribution is -2.24. The molecule has 3 heterocycles. The summed E-state index contributed by atoms with van der Waals surface area (Å²) in [5.41, 5.74) is 0.667. The third kappa shape index (κ3) is 2.84. The lowest BCUT2D eigenvalue weighted by Gasteiger charge is -2.18. The maximum atomic E-state index is 12.2. The third-order valence-corrected chi connectivity index (χ3v) is 4.16. The van der Waals surface area contributed by atoms with Crippen LogP contribution in [-0.2, 0) is 9.59 Å². The molecule has 1 amide bonds. The van der Waals surface area contributed by atoms with Crippen LogP contribution < -0.4 is 0 Å². The van der Waals surface area contributed by atoms with Gasteiger partial charge in [-0.3, -0.25) is 4.79 Å².